The van der Waals surface area contributed by atoms with Crippen molar-refractivity contribution in [1.29, 1.82) is 0 Å². The second-order valence-corrected chi connectivity index (χ2v) is 17.8. The molecular weight excluding hydrogens is 733 g/mol. The van der Waals surface area contributed by atoms with Crippen molar-refractivity contribution in [3.05, 3.63) is 12.2 Å². The summed E-state index contributed by atoms with van der Waals surface area (Å²) < 4.78 is 16.8. The Morgan fingerprint density at radius 3 is 0.864 bits per heavy atom. The first kappa shape index (κ1) is 57.1. The number of carbonyl (C=O) groups is 3. The molecule has 0 bridgehead atoms. The molecule has 0 radical (unpaired) electrons. The molecular formula is C53H100O6. The Hall–Kier alpha value is -1.85. The van der Waals surface area contributed by atoms with Gasteiger partial charge < -0.3 is 14.2 Å². The number of esters is 3. The lowest BCUT2D eigenvalue weighted by molar-refractivity contribution is -0.167. The van der Waals surface area contributed by atoms with Gasteiger partial charge in [-0.1, -0.05) is 238 Å². The molecule has 0 rings (SSSR count). The summed E-state index contributed by atoms with van der Waals surface area (Å²) in [5.74, 6) is -0.854. The fourth-order valence-corrected chi connectivity index (χ4v) is 7.79. The standard InChI is InChI=1S/C53H100O6/c1-4-7-10-13-16-19-22-24-26-28-31-34-37-40-43-46-52(55)58-49-50(48-57-51(54)45-42-39-36-33-30-21-18-15-12-9-6-3)59-53(56)47-44-41-38-35-32-29-27-25-23-20-17-14-11-8-5-2/h19,22,50H,4-18,20-21,23-49H2,1-3H3/b22-19-/t50-/m0/s1. The number of unbranched alkanes of at least 4 members (excludes halogenated alkanes) is 35. The highest BCUT2D eigenvalue weighted by Crippen LogP contribution is 2.16. The zero-order valence-electron chi connectivity index (χ0n) is 39.8. The molecule has 6 heteroatoms. The van der Waals surface area contributed by atoms with E-state index in [1.54, 1.807) is 0 Å². The normalized spacial score (nSPS) is 12.0. The lowest BCUT2D eigenvalue weighted by Crippen LogP contribution is -2.30. The first-order valence-corrected chi connectivity index (χ1v) is 26.2. The Balaban J connectivity index is 4.32. The predicted molar refractivity (Wildman–Crippen MR) is 252 cm³/mol. The molecule has 0 heterocycles. The highest BCUT2D eigenvalue weighted by atomic mass is 16.6. The number of rotatable bonds is 48. The smallest absolute Gasteiger partial charge is 0.306 e. The summed E-state index contributed by atoms with van der Waals surface area (Å²) in [5, 5.41) is 0. The minimum absolute atomic E-state index is 0.0660. The summed E-state index contributed by atoms with van der Waals surface area (Å²) in [4.78, 5) is 37.9. The molecule has 0 aromatic heterocycles. The third-order valence-electron chi connectivity index (χ3n) is 11.8. The third kappa shape index (κ3) is 47.1. The van der Waals surface area contributed by atoms with E-state index >= 15 is 0 Å². The predicted octanol–water partition coefficient (Wildman–Crippen LogP) is 17.0. The molecule has 1 atom stereocenters. The van der Waals surface area contributed by atoms with Gasteiger partial charge in [0, 0.05) is 19.3 Å². The van der Waals surface area contributed by atoms with E-state index in [9.17, 15) is 14.4 Å². The van der Waals surface area contributed by atoms with Crippen molar-refractivity contribution in [1.82, 2.24) is 0 Å². The van der Waals surface area contributed by atoms with Crippen LogP contribution in [0.2, 0.25) is 0 Å². The molecule has 0 aliphatic rings. The lowest BCUT2D eigenvalue weighted by Gasteiger charge is -2.18. The van der Waals surface area contributed by atoms with Crippen LogP contribution in [0.25, 0.3) is 0 Å². The van der Waals surface area contributed by atoms with Crippen LogP contribution < -0.4 is 0 Å². The summed E-state index contributed by atoms with van der Waals surface area (Å²) in [7, 11) is 0. The molecule has 59 heavy (non-hydrogen) atoms. The van der Waals surface area contributed by atoms with Crippen molar-refractivity contribution in [3.63, 3.8) is 0 Å². The van der Waals surface area contributed by atoms with Gasteiger partial charge >= 0.3 is 17.9 Å². The minimum atomic E-state index is -0.764. The SMILES string of the molecule is CCCCCC/C=C\CCCCCCCCCC(=O)OC[C@H](COC(=O)CCCCCCCCCCCCC)OC(=O)CCCCCCCCCCCCCCCCC. The summed E-state index contributed by atoms with van der Waals surface area (Å²) in [5.41, 5.74) is 0. The maximum absolute atomic E-state index is 12.8. The molecule has 0 spiro atoms. The van der Waals surface area contributed by atoms with Crippen molar-refractivity contribution in [2.24, 2.45) is 0 Å². The first-order chi connectivity index (χ1) is 29.0. The van der Waals surface area contributed by atoms with Gasteiger partial charge in [0.1, 0.15) is 13.2 Å². The van der Waals surface area contributed by atoms with Crippen molar-refractivity contribution >= 4 is 17.9 Å². The molecule has 0 amide bonds. The summed E-state index contributed by atoms with van der Waals surface area (Å²) in [6.45, 7) is 6.65. The molecule has 0 fully saturated rings. The fourth-order valence-electron chi connectivity index (χ4n) is 7.79. The topological polar surface area (TPSA) is 78.9 Å². The Bertz CT molecular complexity index is 916. The van der Waals surface area contributed by atoms with Crippen molar-refractivity contribution in [2.45, 2.75) is 297 Å². The molecule has 6 nitrogen and oxygen atoms in total. The van der Waals surface area contributed by atoms with Crippen molar-refractivity contribution in [3.8, 4) is 0 Å². The van der Waals surface area contributed by atoms with Crippen LogP contribution in [0.15, 0.2) is 12.2 Å². The Labute approximate surface area is 367 Å². The fraction of sp³-hybridized carbons (Fsp3) is 0.906. The molecule has 0 aliphatic heterocycles. The van der Waals surface area contributed by atoms with E-state index in [4.69, 9.17) is 14.2 Å². The second-order valence-electron chi connectivity index (χ2n) is 17.8. The number of allylic oxidation sites excluding steroid dienone is 2. The zero-order valence-corrected chi connectivity index (χ0v) is 39.8. The van der Waals surface area contributed by atoms with Crippen LogP contribution >= 0.6 is 0 Å². The molecule has 348 valence electrons. The number of hydrogen-bond donors (Lipinski definition) is 0. The molecule has 0 unspecified atom stereocenters. The van der Waals surface area contributed by atoms with E-state index in [2.05, 4.69) is 32.9 Å². The van der Waals surface area contributed by atoms with Crippen LogP contribution in [0.5, 0.6) is 0 Å². The molecule has 0 aromatic rings. The van der Waals surface area contributed by atoms with Gasteiger partial charge in [-0.05, 0) is 44.9 Å². The summed E-state index contributed by atoms with van der Waals surface area (Å²) in [6.07, 6.45) is 53.3. The minimum Gasteiger partial charge on any atom is -0.462 e. The number of carbonyl (C=O) groups excluding carboxylic acids is 3. The molecule has 0 aliphatic carbocycles. The maximum Gasteiger partial charge on any atom is 0.306 e. The van der Waals surface area contributed by atoms with E-state index in [0.717, 1.165) is 57.8 Å². The van der Waals surface area contributed by atoms with Gasteiger partial charge in [-0.3, -0.25) is 14.4 Å². The average molecular weight is 833 g/mol. The van der Waals surface area contributed by atoms with E-state index in [0.29, 0.717) is 19.3 Å². The second kappa shape index (κ2) is 48.8. The van der Waals surface area contributed by atoms with Gasteiger partial charge in [0.2, 0.25) is 0 Å². The van der Waals surface area contributed by atoms with E-state index in [1.807, 2.05) is 0 Å². The average Bonchev–Trinajstić information content (AvgIpc) is 3.23. The molecule has 0 aromatic carbocycles. The quantitative estimate of drug-likeness (QED) is 0.0263. The van der Waals surface area contributed by atoms with Gasteiger partial charge in [0.15, 0.2) is 6.10 Å². The van der Waals surface area contributed by atoms with E-state index in [1.165, 1.54) is 193 Å². The van der Waals surface area contributed by atoms with Gasteiger partial charge in [-0.25, -0.2) is 0 Å². The number of ether oxygens (including phenoxy) is 3. The largest absolute Gasteiger partial charge is 0.462 e. The highest BCUT2D eigenvalue weighted by Gasteiger charge is 2.19. The van der Waals surface area contributed by atoms with Crippen LogP contribution in [0.3, 0.4) is 0 Å². The highest BCUT2D eigenvalue weighted by molar-refractivity contribution is 5.71. The Kier molecular flexibility index (Phi) is 47.3. The Morgan fingerprint density at radius 2 is 0.559 bits per heavy atom. The maximum atomic E-state index is 12.8. The summed E-state index contributed by atoms with van der Waals surface area (Å²) >= 11 is 0. The van der Waals surface area contributed by atoms with Gasteiger partial charge in [-0.15, -0.1) is 0 Å². The van der Waals surface area contributed by atoms with Crippen molar-refractivity contribution < 1.29 is 28.6 Å². The summed E-state index contributed by atoms with van der Waals surface area (Å²) in [6, 6.07) is 0. The van der Waals surface area contributed by atoms with Gasteiger partial charge in [-0.2, -0.15) is 0 Å². The molecule has 0 N–H and O–H groups in total. The van der Waals surface area contributed by atoms with Crippen LogP contribution in [-0.2, 0) is 28.6 Å². The first-order valence-electron chi connectivity index (χ1n) is 26.2. The van der Waals surface area contributed by atoms with E-state index < -0.39 is 6.10 Å². The molecule has 0 saturated heterocycles. The zero-order chi connectivity index (χ0) is 43.0. The molecule has 0 saturated carbocycles. The van der Waals surface area contributed by atoms with Crippen LogP contribution in [0.1, 0.15) is 290 Å². The third-order valence-corrected chi connectivity index (χ3v) is 11.8. The van der Waals surface area contributed by atoms with Crippen molar-refractivity contribution in [2.75, 3.05) is 13.2 Å². The monoisotopic (exact) mass is 833 g/mol. The number of hydrogen-bond acceptors (Lipinski definition) is 6. The van der Waals surface area contributed by atoms with Gasteiger partial charge in [0.25, 0.3) is 0 Å². The van der Waals surface area contributed by atoms with Crippen LogP contribution in [-0.4, -0.2) is 37.2 Å². The van der Waals surface area contributed by atoms with Crippen LogP contribution in [0.4, 0.5) is 0 Å². The lowest BCUT2D eigenvalue weighted by atomic mass is 10.0. The van der Waals surface area contributed by atoms with E-state index in [-0.39, 0.29) is 31.1 Å². The van der Waals surface area contributed by atoms with Crippen LogP contribution in [0, 0.1) is 0 Å². The Morgan fingerprint density at radius 1 is 0.322 bits per heavy atom. The van der Waals surface area contributed by atoms with Gasteiger partial charge in [0.05, 0.1) is 0 Å².